The number of aliphatic imine (C=N–C) groups is 2. The molecule has 23 heteroatoms. The Morgan fingerprint density at radius 3 is 1.33 bits per heavy atom. The van der Waals surface area contributed by atoms with E-state index in [2.05, 4.69) is 166 Å². The first-order valence-corrected chi connectivity index (χ1v) is 34.1. The summed E-state index contributed by atoms with van der Waals surface area (Å²) >= 11 is 11.4. The molecular weight excluding hydrogens is 1340 g/mol. The molecule has 1 heterocycles. The zero-order chi connectivity index (χ0) is 76.3. The van der Waals surface area contributed by atoms with Crippen molar-refractivity contribution in [1.82, 2.24) is 20.9 Å². The third kappa shape index (κ3) is 49.1. The number of carbonyl (C=O) groups is 1. The van der Waals surface area contributed by atoms with Gasteiger partial charge in [-0.1, -0.05) is 205 Å². The molecule has 0 radical (unpaired) electrons. The zero-order valence-electron chi connectivity index (χ0n) is 60.7. The van der Waals surface area contributed by atoms with Gasteiger partial charge in [-0.05, 0) is 203 Å². The molecule has 15 nitrogen and oxygen atoms in total. The van der Waals surface area contributed by atoms with E-state index >= 15 is 0 Å². The summed E-state index contributed by atoms with van der Waals surface area (Å²) in [6.45, 7) is 31.0. The summed E-state index contributed by atoms with van der Waals surface area (Å²) in [6.07, 6.45) is 2.78. The summed E-state index contributed by atoms with van der Waals surface area (Å²) in [5, 5.41) is 24.7. The summed E-state index contributed by atoms with van der Waals surface area (Å²) in [6, 6.07) is 46.0. The van der Waals surface area contributed by atoms with Crippen molar-refractivity contribution in [1.29, 1.82) is 10.5 Å². The maximum atomic E-state index is 12.0. The number of primary amides is 1. The lowest BCUT2D eigenvalue weighted by Gasteiger charge is -2.11. The number of hydrogen-bond donors (Lipinski definition) is 7. The zero-order valence-corrected chi connectivity index (χ0v) is 62.2. The highest BCUT2D eigenvalue weighted by molar-refractivity contribution is 6.30. The van der Waals surface area contributed by atoms with Gasteiger partial charge in [0.05, 0.1) is 12.2 Å². The molecule has 11 N–H and O–H groups in total. The quantitative estimate of drug-likeness (QED) is 0.00677. The Morgan fingerprint density at radius 2 is 0.871 bits per heavy atom. The first-order chi connectivity index (χ1) is 47.3. The van der Waals surface area contributed by atoms with Crippen molar-refractivity contribution in [3.63, 3.8) is 0 Å². The van der Waals surface area contributed by atoms with Crippen molar-refractivity contribution < 1.29 is 40.6 Å². The number of nitrogens with zero attached hydrogens (tertiary/aromatic N) is 5. The average Bonchev–Trinajstić information content (AvgIpc) is 0.880. The van der Waals surface area contributed by atoms with Crippen LogP contribution in [0.1, 0.15) is 147 Å². The lowest BCUT2D eigenvalue weighted by atomic mass is 10.0. The number of pyridine rings is 1. The largest absolute Gasteiger partial charge is 0.573 e. The van der Waals surface area contributed by atoms with Gasteiger partial charge in [0, 0.05) is 23.5 Å². The first-order valence-electron chi connectivity index (χ1n) is 33.4. The minimum Gasteiger partial charge on any atom is -0.406 e. The van der Waals surface area contributed by atoms with Gasteiger partial charge in [0.2, 0.25) is 11.9 Å². The summed E-state index contributed by atoms with van der Waals surface area (Å²) in [4.78, 5) is 22.6. The van der Waals surface area contributed by atoms with E-state index in [1.165, 1.54) is 46.0 Å². The number of nitrogens with two attached hydrogens (primary N) is 4. The van der Waals surface area contributed by atoms with E-state index in [4.69, 9.17) is 56.7 Å². The molecular formula is C78H104Cl2F6N12O3. The topological polar surface area (TPSA) is 261 Å². The first kappa shape index (κ1) is 89.8. The highest BCUT2D eigenvalue weighted by Gasteiger charge is 2.32. The van der Waals surface area contributed by atoms with Crippen molar-refractivity contribution >= 4 is 52.5 Å². The number of rotatable bonds is 21. The molecule has 101 heavy (non-hydrogen) atoms. The van der Waals surface area contributed by atoms with Crippen LogP contribution in [-0.4, -0.2) is 35.7 Å². The van der Waals surface area contributed by atoms with Gasteiger partial charge in [0.25, 0.3) is 0 Å². The van der Waals surface area contributed by atoms with E-state index in [0.717, 1.165) is 84.1 Å². The lowest BCUT2D eigenvalue weighted by Crippen LogP contribution is -2.28. The molecule has 7 rings (SSSR count). The van der Waals surface area contributed by atoms with Crippen LogP contribution < -0.4 is 48.4 Å². The summed E-state index contributed by atoms with van der Waals surface area (Å²) in [5.74, 6) is 3.94. The number of alkyl halides is 6. The number of carbonyl (C=O) groups excluding carboxylic acids is 1. The van der Waals surface area contributed by atoms with Crippen LogP contribution >= 0.6 is 23.2 Å². The number of nitrogens with one attached hydrogen (secondary N) is 3. The Morgan fingerprint density at radius 1 is 0.475 bits per heavy atom. The van der Waals surface area contributed by atoms with Crippen LogP contribution in [0.15, 0.2) is 168 Å². The average molecular weight is 1440 g/mol. The fraction of sp³-hybridized carbons (Fsp3) is 0.410. The number of guanidine groups is 2. The predicted molar refractivity (Wildman–Crippen MR) is 401 cm³/mol. The molecule has 0 saturated heterocycles. The second kappa shape index (κ2) is 48.6. The Balaban J connectivity index is 0.000000592. The van der Waals surface area contributed by atoms with Gasteiger partial charge in [-0.15, -0.1) is 26.3 Å². The molecule has 7 aromatic rings. The minimum atomic E-state index is -4.68. The number of benzene rings is 6. The van der Waals surface area contributed by atoms with E-state index in [0.29, 0.717) is 60.2 Å². The smallest absolute Gasteiger partial charge is 0.406 e. The maximum Gasteiger partial charge on any atom is 0.573 e. The summed E-state index contributed by atoms with van der Waals surface area (Å²) < 4.78 is 79.1. The molecule has 0 unspecified atom stereocenters. The van der Waals surface area contributed by atoms with Crippen LogP contribution in [0, 0.1) is 64.3 Å². The highest BCUT2D eigenvalue weighted by Crippen LogP contribution is 2.29. The monoisotopic (exact) mass is 1440 g/mol. The van der Waals surface area contributed by atoms with Crippen molar-refractivity contribution in [2.24, 2.45) is 68.6 Å². The Bertz CT molecular complexity index is 3630. The normalized spacial score (nSPS) is 11.2. The molecule has 0 aliphatic rings. The van der Waals surface area contributed by atoms with Gasteiger partial charge in [0.15, 0.2) is 12.4 Å². The predicted octanol–water partition coefficient (Wildman–Crippen LogP) is 19.3. The van der Waals surface area contributed by atoms with E-state index in [1.807, 2.05) is 80.6 Å². The summed E-state index contributed by atoms with van der Waals surface area (Å²) in [7, 11) is 0. The number of ether oxygens (including phenoxy) is 2. The maximum absolute atomic E-state index is 12.0. The SMILES string of the molecule is CC(C)Cc1cc(Cl)cc(OC(F)(F)F)c1.CC(C)Cc1ccc(N)cc1.CC(C)Cc1ccc(OC(F)(F)F)cc1.CC(C)Cc1cccc(CN=C(N)NC#N)c1.CC(C)Cc1cccc(CNC(N)=O)c1.CC(C)Cc1cccc(N=C(N)NC#N)c1.CC(C)Cc1ccnc(Cl)c1. The van der Waals surface area contributed by atoms with Crippen LogP contribution in [-0.2, 0) is 58.0 Å². The number of halogens is 8. The molecule has 0 fully saturated rings. The molecule has 0 atom stereocenters. The molecule has 6 aromatic carbocycles. The molecule has 0 bridgehead atoms. The molecule has 2 amide bonds. The molecule has 1 aromatic heterocycles. The number of anilines is 1. The summed E-state index contributed by atoms with van der Waals surface area (Å²) in [5.41, 5.74) is 33.5. The van der Waals surface area contributed by atoms with Crippen LogP contribution in [0.5, 0.6) is 11.5 Å². The van der Waals surface area contributed by atoms with Crippen molar-refractivity contribution in [3.8, 4) is 23.9 Å². The highest BCUT2D eigenvalue weighted by atomic mass is 35.5. The van der Waals surface area contributed by atoms with Gasteiger partial charge in [0.1, 0.15) is 16.7 Å². The standard InChI is InChI=1S/C13H18N4.C12H16N4.C12H18N2O.C11H12ClF3O.C11H13F3O.C10H15N.C9H12ClN/c1-10(2)6-11-4-3-5-12(7-11)8-16-13(15)17-9-14;1-9(2)6-10-4-3-5-11(7-10)16-12(14)15-8-13;1-9(2)6-10-4-3-5-11(7-10)8-14-12(13)15;1-7(2)3-8-4-9(12)6-10(5-8)16-11(13,14)15;1-8(2)7-9-3-5-10(6-4-9)15-11(12,13)14;1-8(2)7-9-3-5-10(11)6-4-9;1-7(2)5-8-3-4-11-9(10)6-8/h3-5,7,10H,6,8H2,1-2H3,(H3,15,16,17);3-5,7,9H,6H2,1-2H3,(H3,14,15,16);3-5,7,9H,6,8H2,1-2H3,(H3,13,14,15);4-7H,3H2,1-2H3;3-6,8H,7H2,1-2H3;3-6,8H,7,11H2,1-2H3;3-4,6-7H,5H2,1-2H3. The van der Waals surface area contributed by atoms with Crippen LogP contribution in [0.2, 0.25) is 10.2 Å². The van der Waals surface area contributed by atoms with Crippen molar-refractivity contribution in [2.45, 2.75) is 168 Å². The number of aromatic nitrogens is 1. The van der Waals surface area contributed by atoms with Crippen molar-refractivity contribution in [2.75, 3.05) is 5.73 Å². The van der Waals surface area contributed by atoms with Gasteiger partial charge < -0.3 is 37.7 Å². The van der Waals surface area contributed by atoms with Crippen LogP contribution in [0.3, 0.4) is 0 Å². The second-order valence-corrected chi connectivity index (χ2v) is 27.5. The van der Waals surface area contributed by atoms with E-state index < -0.39 is 18.8 Å². The molecule has 0 saturated carbocycles. The number of nitrogen functional groups attached to an aromatic ring is 1. The number of hydrogen-bond acceptors (Lipinski definition) is 9. The third-order valence-corrected chi connectivity index (χ3v) is 13.4. The lowest BCUT2D eigenvalue weighted by molar-refractivity contribution is -0.275. The van der Waals surface area contributed by atoms with Gasteiger partial charge in [-0.2, -0.15) is 10.5 Å². The Hall–Kier alpha value is -9.18. The van der Waals surface area contributed by atoms with Crippen LogP contribution in [0.4, 0.5) is 42.5 Å². The fourth-order valence-corrected chi connectivity index (χ4v) is 9.89. The minimum absolute atomic E-state index is 0.115. The van der Waals surface area contributed by atoms with E-state index in [9.17, 15) is 31.1 Å². The Kier molecular flexibility index (Phi) is 43.2. The second-order valence-electron chi connectivity index (χ2n) is 26.6. The van der Waals surface area contributed by atoms with Gasteiger partial charge >= 0.3 is 18.8 Å². The fourth-order valence-electron chi connectivity index (χ4n) is 9.44. The number of urea groups is 1. The van der Waals surface area contributed by atoms with E-state index in [-0.39, 0.29) is 28.4 Å². The van der Waals surface area contributed by atoms with Gasteiger partial charge in [-0.25, -0.2) is 19.8 Å². The molecule has 550 valence electrons. The molecule has 0 spiro atoms. The van der Waals surface area contributed by atoms with Crippen LogP contribution in [0.25, 0.3) is 0 Å². The Labute approximate surface area is 605 Å². The molecule has 0 aliphatic carbocycles. The van der Waals surface area contributed by atoms with Gasteiger partial charge in [-0.3, -0.25) is 10.6 Å². The third-order valence-electron chi connectivity index (χ3n) is 13.0. The molecule has 0 aliphatic heterocycles. The number of amides is 2. The number of nitriles is 2. The van der Waals surface area contributed by atoms with E-state index in [1.54, 1.807) is 36.8 Å². The van der Waals surface area contributed by atoms with Crippen molar-refractivity contribution in [3.05, 3.63) is 218 Å².